The summed E-state index contributed by atoms with van der Waals surface area (Å²) in [5.74, 6) is 0.659. The average Bonchev–Trinajstić information content (AvgIpc) is 2.93. The van der Waals surface area contributed by atoms with E-state index in [4.69, 9.17) is 9.73 Å². The second-order valence-electron chi connectivity index (χ2n) is 8.56. The molecule has 4 heterocycles. The highest BCUT2D eigenvalue weighted by molar-refractivity contribution is 8.15. The molecule has 3 atom stereocenters. The van der Waals surface area contributed by atoms with Crippen LogP contribution in [0.25, 0.3) is 0 Å². The molecule has 9 nitrogen and oxygen atoms in total. The summed E-state index contributed by atoms with van der Waals surface area (Å²) in [4.78, 5) is 48.0. The lowest BCUT2D eigenvalue weighted by Crippen LogP contribution is -2.54. The number of fused-ring (bicyclic) bond motifs is 2. The number of rotatable bonds is 2. The van der Waals surface area contributed by atoms with Gasteiger partial charge >= 0.3 is 12.1 Å². The third kappa shape index (κ3) is 4.40. The third-order valence-electron chi connectivity index (χ3n) is 6.46. The lowest BCUT2D eigenvalue weighted by molar-refractivity contribution is -0.129. The maximum atomic E-state index is 13.2. The second-order valence-corrected chi connectivity index (χ2v) is 9.66. The third-order valence-corrected chi connectivity index (χ3v) is 7.70. The van der Waals surface area contributed by atoms with Gasteiger partial charge < -0.3 is 24.8 Å². The fourth-order valence-electron chi connectivity index (χ4n) is 4.45. The van der Waals surface area contributed by atoms with Crippen molar-refractivity contribution >= 4 is 34.8 Å². The minimum absolute atomic E-state index is 0.0499. The molecule has 0 saturated carbocycles. The summed E-state index contributed by atoms with van der Waals surface area (Å²) in [6.45, 7) is 8.79. The number of carbonyl (C=O) groups excluding carboxylic acids is 3. The molecule has 4 rings (SSSR count). The predicted octanol–water partition coefficient (Wildman–Crippen LogP) is 2.25. The first-order valence-corrected chi connectivity index (χ1v) is 12.0. The van der Waals surface area contributed by atoms with Gasteiger partial charge in [-0.05, 0) is 44.6 Å². The zero-order valence-corrected chi connectivity index (χ0v) is 19.2. The molecule has 4 aliphatic rings. The minimum atomic E-state index is -0.336. The van der Waals surface area contributed by atoms with Crippen molar-refractivity contribution in [2.45, 2.75) is 51.6 Å². The SMILES string of the molecule is CCOC(=O)N1CCN(C(=O)NC2SC3=N[C@@H]4CC[C@@H](C)CCN4C(=O)C3=C2C)CC1. The van der Waals surface area contributed by atoms with E-state index in [1.54, 1.807) is 16.7 Å². The average molecular weight is 450 g/mol. The summed E-state index contributed by atoms with van der Waals surface area (Å²) >= 11 is 1.46. The predicted molar refractivity (Wildman–Crippen MR) is 119 cm³/mol. The van der Waals surface area contributed by atoms with Gasteiger partial charge in [-0.15, -0.1) is 0 Å². The number of thioether (sulfide) groups is 1. The van der Waals surface area contributed by atoms with E-state index < -0.39 is 0 Å². The zero-order chi connectivity index (χ0) is 22.1. The molecule has 1 unspecified atom stereocenters. The van der Waals surface area contributed by atoms with Crippen LogP contribution in [0.15, 0.2) is 16.1 Å². The quantitative estimate of drug-likeness (QED) is 0.698. The molecule has 31 heavy (non-hydrogen) atoms. The summed E-state index contributed by atoms with van der Waals surface area (Å²) in [6, 6.07) is -0.184. The Kier molecular flexibility index (Phi) is 6.45. The first-order valence-electron chi connectivity index (χ1n) is 11.1. The summed E-state index contributed by atoms with van der Waals surface area (Å²) in [5, 5.41) is 3.52. The van der Waals surface area contributed by atoms with Crippen molar-refractivity contribution in [2.75, 3.05) is 39.3 Å². The molecule has 4 aliphatic heterocycles. The minimum Gasteiger partial charge on any atom is -0.450 e. The Morgan fingerprint density at radius 2 is 1.84 bits per heavy atom. The van der Waals surface area contributed by atoms with Gasteiger partial charge in [0.05, 0.1) is 12.2 Å². The zero-order valence-electron chi connectivity index (χ0n) is 18.4. The molecule has 10 heteroatoms. The maximum absolute atomic E-state index is 13.2. The molecule has 0 bridgehead atoms. The Hall–Kier alpha value is -2.23. The van der Waals surface area contributed by atoms with Gasteiger partial charge in [0.2, 0.25) is 0 Å². The number of nitrogens with zero attached hydrogens (tertiary/aromatic N) is 4. The van der Waals surface area contributed by atoms with Crippen molar-refractivity contribution < 1.29 is 19.1 Å². The van der Waals surface area contributed by atoms with Crippen LogP contribution in [0.5, 0.6) is 0 Å². The van der Waals surface area contributed by atoms with Crippen molar-refractivity contribution in [3.63, 3.8) is 0 Å². The number of piperazine rings is 1. The first-order chi connectivity index (χ1) is 14.9. The van der Waals surface area contributed by atoms with Gasteiger partial charge in [0.25, 0.3) is 5.91 Å². The Labute approximate surface area is 187 Å². The highest BCUT2D eigenvalue weighted by Gasteiger charge is 2.42. The van der Waals surface area contributed by atoms with Gasteiger partial charge in [0, 0.05) is 32.7 Å². The summed E-state index contributed by atoms with van der Waals surface area (Å²) in [7, 11) is 0. The van der Waals surface area contributed by atoms with Crippen LogP contribution in [0.2, 0.25) is 0 Å². The van der Waals surface area contributed by atoms with Gasteiger partial charge in [0.15, 0.2) is 0 Å². The number of nitrogens with one attached hydrogen (secondary N) is 1. The number of urea groups is 1. The van der Waals surface area contributed by atoms with Crippen LogP contribution < -0.4 is 5.32 Å². The highest BCUT2D eigenvalue weighted by atomic mass is 32.2. The van der Waals surface area contributed by atoms with Crippen molar-refractivity contribution in [3.8, 4) is 0 Å². The van der Waals surface area contributed by atoms with E-state index in [9.17, 15) is 14.4 Å². The lowest BCUT2D eigenvalue weighted by Gasteiger charge is -2.34. The van der Waals surface area contributed by atoms with Crippen LogP contribution in [-0.2, 0) is 9.53 Å². The fourth-order valence-corrected chi connectivity index (χ4v) is 5.68. The van der Waals surface area contributed by atoms with Crippen molar-refractivity contribution in [3.05, 3.63) is 11.1 Å². The van der Waals surface area contributed by atoms with E-state index in [0.29, 0.717) is 44.3 Å². The van der Waals surface area contributed by atoms with Gasteiger partial charge in [0.1, 0.15) is 16.6 Å². The van der Waals surface area contributed by atoms with E-state index in [2.05, 4.69) is 12.2 Å². The number of aliphatic imine (C=N–C) groups is 1. The highest BCUT2D eigenvalue weighted by Crippen LogP contribution is 2.39. The second kappa shape index (κ2) is 9.10. The smallest absolute Gasteiger partial charge is 0.409 e. The molecule has 0 radical (unpaired) electrons. The van der Waals surface area contributed by atoms with Crippen molar-refractivity contribution in [1.82, 2.24) is 20.0 Å². The molecule has 2 saturated heterocycles. The molecular formula is C21H31N5O4S. The van der Waals surface area contributed by atoms with Crippen LogP contribution in [0.4, 0.5) is 9.59 Å². The van der Waals surface area contributed by atoms with E-state index >= 15 is 0 Å². The van der Waals surface area contributed by atoms with Gasteiger partial charge in [-0.25, -0.2) is 9.59 Å². The van der Waals surface area contributed by atoms with Gasteiger partial charge in [-0.3, -0.25) is 9.79 Å². The Morgan fingerprint density at radius 3 is 2.55 bits per heavy atom. The summed E-state index contributed by atoms with van der Waals surface area (Å²) in [6.07, 6.45) is 2.56. The number of hydrogen-bond acceptors (Lipinski definition) is 6. The largest absolute Gasteiger partial charge is 0.450 e. The number of hydrogen-bond donors (Lipinski definition) is 1. The molecule has 0 aromatic carbocycles. The van der Waals surface area contributed by atoms with Crippen LogP contribution in [0, 0.1) is 5.92 Å². The summed E-state index contributed by atoms with van der Waals surface area (Å²) < 4.78 is 5.03. The van der Waals surface area contributed by atoms with Crippen molar-refractivity contribution in [2.24, 2.45) is 10.9 Å². The molecular weight excluding hydrogens is 418 g/mol. The van der Waals surface area contributed by atoms with Crippen molar-refractivity contribution in [1.29, 1.82) is 0 Å². The van der Waals surface area contributed by atoms with E-state index in [-0.39, 0.29) is 29.6 Å². The van der Waals surface area contributed by atoms with Crippen LogP contribution in [0.1, 0.15) is 40.0 Å². The number of ether oxygens (including phenoxy) is 1. The standard InChI is InChI=1S/C21H31N5O4S/c1-4-30-21(29)25-11-9-24(10-12-25)20(28)23-17-14(3)16-18(31-17)22-15-6-5-13(2)7-8-26(15)19(16)27/h13,15,17H,4-12H2,1-3H3,(H,23,28)/t13-,15+,17?/m1/s1. The molecule has 170 valence electrons. The molecule has 4 amide bonds. The molecule has 0 aliphatic carbocycles. The van der Waals surface area contributed by atoms with E-state index in [1.807, 2.05) is 11.8 Å². The number of carbonyl (C=O) groups is 3. The van der Waals surface area contributed by atoms with Gasteiger partial charge in [-0.1, -0.05) is 18.7 Å². The van der Waals surface area contributed by atoms with E-state index in [0.717, 1.165) is 36.4 Å². The topological polar surface area (TPSA) is 94.6 Å². The summed E-state index contributed by atoms with van der Waals surface area (Å²) in [5.41, 5.74) is 1.52. The Balaban J connectivity index is 1.39. The lowest BCUT2D eigenvalue weighted by atomic mass is 10.0. The normalized spacial score (nSPS) is 28.6. The molecule has 0 aromatic heterocycles. The Morgan fingerprint density at radius 1 is 1.13 bits per heavy atom. The van der Waals surface area contributed by atoms with Crippen LogP contribution >= 0.6 is 11.8 Å². The van der Waals surface area contributed by atoms with Crippen LogP contribution in [0.3, 0.4) is 0 Å². The monoisotopic (exact) mass is 449 g/mol. The van der Waals surface area contributed by atoms with E-state index in [1.165, 1.54) is 11.8 Å². The molecule has 0 spiro atoms. The Bertz CT molecular complexity index is 821. The molecule has 2 fully saturated rings. The fraction of sp³-hybridized carbons (Fsp3) is 0.714. The van der Waals surface area contributed by atoms with Gasteiger partial charge in [-0.2, -0.15) is 0 Å². The molecule has 1 N–H and O–H groups in total. The maximum Gasteiger partial charge on any atom is 0.409 e. The van der Waals surface area contributed by atoms with Crippen LogP contribution in [-0.4, -0.2) is 88.6 Å². The molecule has 0 aromatic rings. The first kappa shape index (κ1) is 22.0. The number of amides is 4.